The van der Waals surface area contributed by atoms with Crippen LogP contribution < -0.4 is 4.90 Å². The summed E-state index contributed by atoms with van der Waals surface area (Å²) in [6.07, 6.45) is 4.93. The molecule has 2 saturated carbocycles. The van der Waals surface area contributed by atoms with Gasteiger partial charge in [0.1, 0.15) is 11.9 Å². The third kappa shape index (κ3) is 3.15. The van der Waals surface area contributed by atoms with Crippen molar-refractivity contribution in [1.29, 1.82) is 0 Å². The standard InChI is InChI=1S/C24H31FN2O3/c1-23(2)20(24(23,3)4)22(30)26(16-8-6-5-7-9-16)18-14-19(28)27(21(18)29)17-12-10-15(25)11-13-17/h10-13,16,18,20H,5-9,14H2,1-4H3. The number of carbonyl (C=O) groups excluding carboxylic acids is 3. The Bertz CT molecular complexity index is 857. The molecule has 3 aliphatic rings. The molecule has 1 aliphatic heterocycles. The summed E-state index contributed by atoms with van der Waals surface area (Å²) in [6, 6.07) is 4.57. The monoisotopic (exact) mass is 414 g/mol. The number of amides is 3. The van der Waals surface area contributed by atoms with Crippen LogP contribution >= 0.6 is 0 Å². The minimum absolute atomic E-state index is 0.00371. The summed E-state index contributed by atoms with van der Waals surface area (Å²) in [7, 11) is 0. The van der Waals surface area contributed by atoms with Crippen molar-refractivity contribution in [3.05, 3.63) is 30.1 Å². The SMILES string of the molecule is CC1(C)C(C(=O)N(C2CCCCC2)C2CC(=O)N(c3ccc(F)cc3)C2=O)C1(C)C. The van der Waals surface area contributed by atoms with Crippen molar-refractivity contribution in [2.45, 2.75) is 78.3 Å². The quantitative estimate of drug-likeness (QED) is 0.690. The number of imide groups is 1. The first kappa shape index (κ1) is 21.0. The van der Waals surface area contributed by atoms with Crippen molar-refractivity contribution in [2.75, 3.05) is 4.90 Å². The van der Waals surface area contributed by atoms with Crippen LogP contribution in [0.4, 0.5) is 10.1 Å². The van der Waals surface area contributed by atoms with Gasteiger partial charge in [0.2, 0.25) is 11.8 Å². The molecule has 0 N–H and O–H groups in total. The third-order valence-electron chi connectivity index (χ3n) is 8.03. The number of rotatable bonds is 4. The van der Waals surface area contributed by atoms with Crippen LogP contribution in [0.3, 0.4) is 0 Å². The molecule has 0 bridgehead atoms. The van der Waals surface area contributed by atoms with E-state index in [1.807, 2.05) is 0 Å². The van der Waals surface area contributed by atoms with Gasteiger partial charge >= 0.3 is 0 Å². The smallest absolute Gasteiger partial charge is 0.257 e. The Balaban J connectivity index is 1.66. The fraction of sp³-hybridized carbons (Fsp3) is 0.625. The third-order valence-corrected chi connectivity index (χ3v) is 8.03. The Hall–Kier alpha value is -2.24. The molecule has 6 heteroatoms. The zero-order chi connectivity index (χ0) is 21.8. The number of hydrogen-bond donors (Lipinski definition) is 0. The number of benzene rings is 1. The van der Waals surface area contributed by atoms with E-state index in [2.05, 4.69) is 27.7 Å². The molecular formula is C24H31FN2O3. The highest BCUT2D eigenvalue weighted by Gasteiger charge is 2.69. The van der Waals surface area contributed by atoms with Crippen LogP contribution in [0, 0.1) is 22.6 Å². The number of halogens is 1. The lowest BCUT2D eigenvalue weighted by atomic mass is 9.92. The molecule has 0 radical (unpaired) electrons. The van der Waals surface area contributed by atoms with Gasteiger partial charge in [-0.2, -0.15) is 0 Å². The number of hydrogen-bond acceptors (Lipinski definition) is 3. The average molecular weight is 415 g/mol. The highest BCUT2D eigenvalue weighted by Crippen LogP contribution is 2.69. The van der Waals surface area contributed by atoms with E-state index in [1.54, 1.807) is 4.90 Å². The molecule has 2 aliphatic carbocycles. The maximum Gasteiger partial charge on any atom is 0.257 e. The molecular weight excluding hydrogens is 383 g/mol. The Labute approximate surface area is 177 Å². The highest BCUT2D eigenvalue weighted by molar-refractivity contribution is 6.23. The van der Waals surface area contributed by atoms with Crippen molar-refractivity contribution in [3.8, 4) is 0 Å². The van der Waals surface area contributed by atoms with Gasteiger partial charge in [0.15, 0.2) is 0 Å². The second-order valence-corrected chi connectivity index (χ2v) is 10.2. The molecule has 0 spiro atoms. The Morgan fingerprint density at radius 3 is 2.10 bits per heavy atom. The summed E-state index contributed by atoms with van der Waals surface area (Å²) in [5, 5.41) is 0. The number of carbonyl (C=O) groups is 3. The van der Waals surface area contributed by atoms with Crippen molar-refractivity contribution < 1.29 is 18.8 Å². The van der Waals surface area contributed by atoms with Crippen LogP contribution in [0.15, 0.2) is 24.3 Å². The average Bonchev–Trinajstić information content (AvgIpc) is 2.93. The molecule has 162 valence electrons. The summed E-state index contributed by atoms with van der Waals surface area (Å²) in [5.74, 6) is -1.29. The minimum atomic E-state index is -0.773. The second-order valence-electron chi connectivity index (χ2n) is 10.2. The normalized spacial score (nSPS) is 26.2. The highest BCUT2D eigenvalue weighted by atomic mass is 19.1. The van der Waals surface area contributed by atoms with Crippen molar-refractivity contribution in [1.82, 2.24) is 4.90 Å². The van der Waals surface area contributed by atoms with Crippen LogP contribution in [0.25, 0.3) is 0 Å². The minimum Gasteiger partial charge on any atom is -0.327 e. The topological polar surface area (TPSA) is 57.7 Å². The van der Waals surface area contributed by atoms with Crippen molar-refractivity contribution >= 4 is 23.4 Å². The predicted molar refractivity (Wildman–Crippen MR) is 112 cm³/mol. The molecule has 5 nitrogen and oxygen atoms in total. The zero-order valence-corrected chi connectivity index (χ0v) is 18.3. The van der Waals surface area contributed by atoms with Crippen LogP contribution in [0.5, 0.6) is 0 Å². The van der Waals surface area contributed by atoms with E-state index in [-0.39, 0.29) is 46.9 Å². The molecule has 1 atom stereocenters. The van der Waals surface area contributed by atoms with E-state index in [9.17, 15) is 18.8 Å². The first-order chi connectivity index (χ1) is 14.1. The van der Waals surface area contributed by atoms with Gasteiger partial charge in [-0.25, -0.2) is 9.29 Å². The lowest BCUT2D eigenvalue weighted by molar-refractivity contribution is -0.144. The van der Waals surface area contributed by atoms with E-state index in [0.717, 1.165) is 37.0 Å². The number of anilines is 1. The summed E-state index contributed by atoms with van der Waals surface area (Å²) in [6.45, 7) is 8.39. The van der Waals surface area contributed by atoms with Gasteiger partial charge in [0.25, 0.3) is 5.91 Å². The fourth-order valence-electron chi connectivity index (χ4n) is 5.60. The van der Waals surface area contributed by atoms with E-state index < -0.39 is 11.9 Å². The second kappa shape index (κ2) is 7.17. The molecule has 3 fully saturated rings. The number of nitrogens with zero attached hydrogens (tertiary/aromatic N) is 2. The molecule has 30 heavy (non-hydrogen) atoms. The van der Waals surface area contributed by atoms with Crippen LogP contribution in [-0.2, 0) is 14.4 Å². The lowest BCUT2D eigenvalue weighted by Gasteiger charge is -2.38. The first-order valence-corrected chi connectivity index (χ1v) is 11.0. The summed E-state index contributed by atoms with van der Waals surface area (Å²) in [5.41, 5.74) is 0.0792. The van der Waals surface area contributed by atoms with E-state index in [4.69, 9.17) is 0 Å². The van der Waals surface area contributed by atoms with Gasteiger partial charge in [-0.05, 0) is 47.9 Å². The van der Waals surface area contributed by atoms with Crippen LogP contribution in [-0.4, -0.2) is 34.7 Å². The van der Waals surface area contributed by atoms with Gasteiger partial charge < -0.3 is 4.90 Å². The molecule has 1 heterocycles. The predicted octanol–water partition coefficient (Wildman–Crippen LogP) is 4.30. The van der Waals surface area contributed by atoms with Crippen LogP contribution in [0.1, 0.15) is 66.2 Å². The fourth-order valence-corrected chi connectivity index (χ4v) is 5.60. The Kier molecular flexibility index (Phi) is 5.02. The molecule has 0 aromatic heterocycles. The van der Waals surface area contributed by atoms with E-state index >= 15 is 0 Å². The molecule has 4 rings (SSSR count). The largest absolute Gasteiger partial charge is 0.327 e. The molecule has 1 unspecified atom stereocenters. The molecule has 3 amide bonds. The van der Waals surface area contributed by atoms with Gasteiger partial charge in [-0.1, -0.05) is 47.0 Å². The molecule has 1 aromatic carbocycles. The van der Waals surface area contributed by atoms with Gasteiger partial charge in [0.05, 0.1) is 12.1 Å². The van der Waals surface area contributed by atoms with Crippen molar-refractivity contribution in [3.63, 3.8) is 0 Å². The van der Waals surface area contributed by atoms with Gasteiger partial charge in [-0.15, -0.1) is 0 Å². The summed E-state index contributed by atoms with van der Waals surface area (Å²) >= 11 is 0. The van der Waals surface area contributed by atoms with E-state index in [0.29, 0.717) is 5.69 Å². The molecule has 1 saturated heterocycles. The van der Waals surface area contributed by atoms with Gasteiger partial charge in [0, 0.05) is 12.0 Å². The zero-order valence-electron chi connectivity index (χ0n) is 18.3. The Morgan fingerprint density at radius 2 is 1.57 bits per heavy atom. The Morgan fingerprint density at radius 1 is 1.00 bits per heavy atom. The van der Waals surface area contributed by atoms with Gasteiger partial charge in [-0.3, -0.25) is 14.4 Å². The maximum absolute atomic E-state index is 13.8. The van der Waals surface area contributed by atoms with E-state index in [1.165, 1.54) is 24.3 Å². The molecule has 1 aromatic rings. The lowest BCUT2D eigenvalue weighted by Crippen LogP contribution is -2.52. The van der Waals surface area contributed by atoms with Crippen LogP contribution in [0.2, 0.25) is 0 Å². The summed E-state index contributed by atoms with van der Waals surface area (Å²) < 4.78 is 13.3. The maximum atomic E-state index is 13.8. The van der Waals surface area contributed by atoms with Crippen molar-refractivity contribution in [2.24, 2.45) is 16.7 Å². The summed E-state index contributed by atoms with van der Waals surface area (Å²) in [4.78, 5) is 42.8. The first-order valence-electron chi connectivity index (χ1n) is 11.0.